The van der Waals surface area contributed by atoms with Gasteiger partial charge in [0.1, 0.15) is 11.6 Å². The Bertz CT molecular complexity index is 759. The average molecular weight is 359 g/mol. The number of halogens is 1. The van der Waals surface area contributed by atoms with Crippen molar-refractivity contribution in [2.45, 2.75) is 13.5 Å². The molecule has 0 fully saturated rings. The lowest BCUT2D eigenvalue weighted by Crippen LogP contribution is -2.06. The van der Waals surface area contributed by atoms with Gasteiger partial charge in [0.05, 0.1) is 18.5 Å². The normalized spacial score (nSPS) is 10.5. The molecule has 0 saturated heterocycles. The quantitative estimate of drug-likeness (QED) is 0.703. The first kappa shape index (κ1) is 14.6. The van der Waals surface area contributed by atoms with Crippen LogP contribution >= 0.6 is 15.9 Å². The molecule has 0 unspecified atom stereocenters. The molecule has 3 aromatic rings. The highest BCUT2D eigenvalue weighted by Crippen LogP contribution is 2.25. The molecule has 2 heterocycles. The number of hydrogen-bond acceptors (Lipinski definition) is 5. The first-order chi connectivity index (χ1) is 10.7. The molecule has 2 N–H and O–H groups in total. The maximum Gasteiger partial charge on any atom is 0.225 e. The number of hydrogen-bond donors (Lipinski definition) is 2. The van der Waals surface area contributed by atoms with Gasteiger partial charge in [-0.1, -0.05) is 12.1 Å². The minimum atomic E-state index is 0.547. The fourth-order valence-corrected chi connectivity index (χ4v) is 2.38. The maximum absolute atomic E-state index is 5.29. The molecule has 0 amide bonds. The van der Waals surface area contributed by atoms with E-state index in [1.807, 2.05) is 49.4 Å². The van der Waals surface area contributed by atoms with E-state index in [9.17, 15) is 0 Å². The number of aryl methyl sites for hydroxylation is 1. The van der Waals surface area contributed by atoms with E-state index < -0.39 is 0 Å². The Kier molecular flexibility index (Phi) is 4.39. The Morgan fingerprint density at radius 3 is 2.77 bits per heavy atom. The largest absolute Gasteiger partial charge is 0.467 e. The van der Waals surface area contributed by atoms with E-state index in [1.165, 1.54) is 0 Å². The molecule has 0 saturated carbocycles. The summed E-state index contributed by atoms with van der Waals surface area (Å²) < 4.78 is 6.27. The number of furan rings is 1. The highest BCUT2D eigenvalue weighted by molar-refractivity contribution is 9.10. The van der Waals surface area contributed by atoms with Gasteiger partial charge in [-0.3, -0.25) is 0 Å². The van der Waals surface area contributed by atoms with E-state index in [-0.39, 0.29) is 0 Å². The lowest BCUT2D eigenvalue weighted by Gasteiger charge is -2.10. The van der Waals surface area contributed by atoms with Gasteiger partial charge in [0, 0.05) is 16.2 Å². The van der Waals surface area contributed by atoms with Crippen molar-refractivity contribution in [2.75, 3.05) is 10.6 Å². The topological polar surface area (TPSA) is 63.0 Å². The minimum Gasteiger partial charge on any atom is -0.467 e. The summed E-state index contributed by atoms with van der Waals surface area (Å²) in [5, 5.41) is 6.45. The Morgan fingerprint density at radius 1 is 1.14 bits per heavy atom. The summed E-state index contributed by atoms with van der Waals surface area (Å²) in [6.45, 7) is 2.48. The average Bonchev–Trinajstić information content (AvgIpc) is 3.00. The van der Waals surface area contributed by atoms with Crippen LogP contribution in [0.5, 0.6) is 0 Å². The number of anilines is 3. The van der Waals surface area contributed by atoms with Gasteiger partial charge in [-0.05, 0) is 47.1 Å². The van der Waals surface area contributed by atoms with Gasteiger partial charge in [-0.25, -0.2) is 4.98 Å². The number of rotatable bonds is 5. The van der Waals surface area contributed by atoms with Crippen molar-refractivity contribution in [3.8, 4) is 0 Å². The van der Waals surface area contributed by atoms with Crippen LogP contribution in [0.4, 0.5) is 17.5 Å². The van der Waals surface area contributed by atoms with E-state index in [0.717, 1.165) is 27.4 Å². The first-order valence-corrected chi connectivity index (χ1v) is 7.63. The lowest BCUT2D eigenvalue weighted by molar-refractivity contribution is 0.517. The van der Waals surface area contributed by atoms with Crippen molar-refractivity contribution in [1.29, 1.82) is 0 Å². The van der Waals surface area contributed by atoms with Crippen molar-refractivity contribution in [2.24, 2.45) is 0 Å². The van der Waals surface area contributed by atoms with E-state index in [1.54, 1.807) is 6.26 Å². The molecule has 1 aromatic carbocycles. The molecule has 6 heteroatoms. The Balaban J connectivity index is 1.76. The lowest BCUT2D eigenvalue weighted by atomic mass is 10.3. The predicted molar refractivity (Wildman–Crippen MR) is 90.2 cm³/mol. The first-order valence-electron chi connectivity index (χ1n) is 6.84. The van der Waals surface area contributed by atoms with Gasteiger partial charge in [0.2, 0.25) is 5.95 Å². The molecule has 112 valence electrons. The van der Waals surface area contributed by atoms with Crippen molar-refractivity contribution < 1.29 is 4.42 Å². The van der Waals surface area contributed by atoms with Crippen molar-refractivity contribution in [3.05, 3.63) is 64.7 Å². The number of para-hydroxylation sites is 1. The van der Waals surface area contributed by atoms with Gasteiger partial charge >= 0.3 is 0 Å². The molecular weight excluding hydrogens is 344 g/mol. The van der Waals surface area contributed by atoms with Crippen molar-refractivity contribution >= 4 is 33.4 Å². The summed E-state index contributed by atoms with van der Waals surface area (Å²) in [6, 6.07) is 13.6. The van der Waals surface area contributed by atoms with E-state index in [2.05, 4.69) is 36.5 Å². The number of nitrogens with zero attached hydrogens (tertiary/aromatic N) is 2. The van der Waals surface area contributed by atoms with Crippen LogP contribution in [0, 0.1) is 6.92 Å². The standard InChI is InChI=1S/C16H15BrN4O/c1-11-9-15(20-14-7-3-2-6-13(14)17)21-16(19-11)18-10-12-5-4-8-22-12/h2-9H,10H2,1H3,(H2,18,19,20,21). The van der Waals surface area contributed by atoms with Gasteiger partial charge in [0.25, 0.3) is 0 Å². The third-order valence-electron chi connectivity index (χ3n) is 2.99. The monoisotopic (exact) mass is 358 g/mol. The molecule has 0 radical (unpaired) electrons. The van der Waals surface area contributed by atoms with Crippen LogP contribution < -0.4 is 10.6 Å². The zero-order chi connectivity index (χ0) is 15.4. The van der Waals surface area contributed by atoms with Crippen molar-refractivity contribution in [1.82, 2.24) is 9.97 Å². The van der Waals surface area contributed by atoms with Gasteiger partial charge < -0.3 is 15.1 Å². The second kappa shape index (κ2) is 6.62. The van der Waals surface area contributed by atoms with Crippen LogP contribution in [0.25, 0.3) is 0 Å². The van der Waals surface area contributed by atoms with Crippen LogP contribution in [0.2, 0.25) is 0 Å². The van der Waals surface area contributed by atoms with Gasteiger partial charge in [-0.15, -0.1) is 0 Å². The third kappa shape index (κ3) is 3.65. The Hall–Kier alpha value is -2.34. The third-order valence-corrected chi connectivity index (χ3v) is 3.68. The number of benzene rings is 1. The molecule has 5 nitrogen and oxygen atoms in total. The second-order valence-electron chi connectivity index (χ2n) is 4.76. The fourth-order valence-electron chi connectivity index (χ4n) is 1.99. The van der Waals surface area contributed by atoms with Crippen LogP contribution in [-0.2, 0) is 6.54 Å². The smallest absolute Gasteiger partial charge is 0.225 e. The second-order valence-corrected chi connectivity index (χ2v) is 5.61. The number of aromatic nitrogens is 2. The summed E-state index contributed by atoms with van der Waals surface area (Å²) >= 11 is 3.51. The van der Waals surface area contributed by atoms with Crippen LogP contribution in [-0.4, -0.2) is 9.97 Å². The number of nitrogens with one attached hydrogen (secondary N) is 2. The fraction of sp³-hybridized carbons (Fsp3) is 0.125. The van der Waals surface area contributed by atoms with Crippen LogP contribution in [0.15, 0.2) is 57.6 Å². The van der Waals surface area contributed by atoms with Crippen LogP contribution in [0.3, 0.4) is 0 Å². The molecular formula is C16H15BrN4O. The van der Waals surface area contributed by atoms with E-state index in [0.29, 0.717) is 12.5 Å². The van der Waals surface area contributed by atoms with E-state index >= 15 is 0 Å². The predicted octanol–water partition coefficient (Wildman–Crippen LogP) is 4.50. The maximum atomic E-state index is 5.29. The highest BCUT2D eigenvalue weighted by Gasteiger charge is 2.05. The molecule has 0 atom stereocenters. The van der Waals surface area contributed by atoms with Crippen LogP contribution in [0.1, 0.15) is 11.5 Å². The molecule has 0 bridgehead atoms. The molecule has 2 aromatic heterocycles. The highest BCUT2D eigenvalue weighted by atomic mass is 79.9. The molecule has 3 rings (SSSR count). The summed E-state index contributed by atoms with van der Waals surface area (Å²) in [5.74, 6) is 2.14. The molecule has 0 aliphatic carbocycles. The molecule has 22 heavy (non-hydrogen) atoms. The zero-order valence-corrected chi connectivity index (χ0v) is 13.6. The molecule has 0 aliphatic rings. The summed E-state index contributed by atoms with van der Waals surface area (Å²) in [6.07, 6.45) is 1.65. The van der Waals surface area contributed by atoms with Gasteiger partial charge in [-0.2, -0.15) is 4.98 Å². The zero-order valence-electron chi connectivity index (χ0n) is 12.0. The molecule has 0 aliphatic heterocycles. The summed E-state index contributed by atoms with van der Waals surface area (Å²) in [7, 11) is 0. The summed E-state index contributed by atoms with van der Waals surface area (Å²) in [4.78, 5) is 8.86. The Morgan fingerprint density at radius 2 is 2.00 bits per heavy atom. The Labute approximate surface area is 136 Å². The van der Waals surface area contributed by atoms with Crippen molar-refractivity contribution in [3.63, 3.8) is 0 Å². The molecule has 0 spiro atoms. The van der Waals surface area contributed by atoms with Gasteiger partial charge in [0.15, 0.2) is 0 Å². The summed E-state index contributed by atoms with van der Waals surface area (Å²) in [5.41, 5.74) is 1.84. The SMILES string of the molecule is Cc1cc(Nc2ccccc2Br)nc(NCc2ccco2)n1. The van der Waals surface area contributed by atoms with E-state index in [4.69, 9.17) is 4.42 Å². The minimum absolute atomic E-state index is 0.547.